The lowest BCUT2D eigenvalue weighted by Crippen LogP contribution is -2.38. The number of esters is 1. The fourth-order valence-electron chi connectivity index (χ4n) is 2.32. The van der Waals surface area contributed by atoms with E-state index in [0.717, 1.165) is 0 Å². The summed E-state index contributed by atoms with van der Waals surface area (Å²) in [7, 11) is -0.178. The van der Waals surface area contributed by atoms with Crippen LogP contribution in [0.1, 0.15) is 16.8 Å². The Balaban J connectivity index is 1.90. The average molecular weight is 357 g/mol. The number of nitrogens with one attached hydrogen (secondary N) is 1. The first-order chi connectivity index (χ1) is 11.3. The van der Waals surface area contributed by atoms with Crippen molar-refractivity contribution >= 4 is 21.7 Å². The van der Waals surface area contributed by atoms with E-state index in [-0.39, 0.29) is 17.1 Å². The summed E-state index contributed by atoms with van der Waals surface area (Å²) in [5, 5.41) is 2.54. The first-order valence-electron chi connectivity index (χ1n) is 7.23. The maximum absolute atomic E-state index is 12.0. The van der Waals surface area contributed by atoms with Gasteiger partial charge in [0.25, 0.3) is 5.91 Å². The van der Waals surface area contributed by atoms with E-state index in [2.05, 4.69) is 5.32 Å². The van der Waals surface area contributed by atoms with Gasteiger partial charge in [0.2, 0.25) is 0 Å². The predicted molar refractivity (Wildman–Crippen MR) is 85.0 cm³/mol. The maximum Gasteiger partial charge on any atom is 0.338 e. The van der Waals surface area contributed by atoms with Gasteiger partial charge in [-0.2, -0.15) is 0 Å². The third-order valence-electron chi connectivity index (χ3n) is 3.52. The summed E-state index contributed by atoms with van der Waals surface area (Å²) in [5.74, 6) is -0.438. The number of ether oxygens (including phenoxy) is 3. The Labute approximate surface area is 140 Å². The molecule has 1 aromatic carbocycles. The van der Waals surface area contributed by atoms with Gasteiger partial charge >= 0.3 is 5.97 Å². The Bertz CT molecular complexity index is 707. The highest BCUT2D eigenvalue weighted by molar-refractivity contribution is 7.91. The minimum Gasteiger partial charge on any atom is -0.497 e. The van der Waals surface area contributed by atoms with Gasteiger partial charge in [0, 0.05) is 12.1 Å². The molecule has 0 unspecified atom stereocenters. The van der Waals surface area contributed by atoms with Crippen molar-refractivity contribution in [3.63, 3.8) is 0 Å². The first kappa shape index (κ1) is 18.1. The third-order valence-corrected chi connectivity index (χ3v) is 5.29. The van der Waals surface area contributed by atoms with Gasteiger partial charge in [-0.25, -0.2) is 13.2 Å². The lowest BCUT2D eigenvalue weighted by atomic mass is 10.2. The number of methoxy groups -OCH3 is 2. The van der Waals surface area contributed by atoms with Gasteiger partial charge in [0.05, 0.1) is 31.3 Å². The Hall–Kier alpha value is -2.29. The molecule has 1 aromatic rings. The Kier molecular flexibility index (Phi) is 5.66. The van der Waals surface area contributed by atoms with Gasteiger partial charge in [0.1, 0.15) is 11.5 Å². The molecule has 2 rings (SSSR count). The lowest BCUT2D eigenvalue weighted by Gasteiger charge is -2.11. The van der Waals surface area contributed by atoms with E-state index in [9.17, 15) is 18.0 Å². The normalized spacial score (nSPS) is 18.7. The lowest BCUT2D eigenvalue weighted by molar-refractivity contribution is -0.124. The Morgan fingerprint density at radius 1 is 1.17 bits per heavy atom. The molecule has 9 heteroatoms. The van der Waals surface area contributed by atoms with Crippen LogP contribution < -0.4 is 14.8 Å². The average Bonchev–Trinajstić information content (AvgIpc) is 2.90. The zero-order valence-electron chi connectivity index (χ0n) is 13.4. The van der Waals surface area contributed by atoms with Crippen molar-refractivity contribution in [3.8, 4) is 11.5 Å². The smallest absolute Gasteiger partial charge is 0.338 e. The fraction of sp³-hybridized carbons (Fsp3) is 0.467. The number of carbonyl (C=O) groups excluding carboxylic acids is 2. The SMILES string of the molecule is COc1cc(OC)cc(C(=O)OCC(=O)N[C@@H]2CCS(=O)(=O)C2)c1. The van der Waals surface area contributed by atoms with E-state index < -0.39 is 34.4 Å². The van der Waals surface area contributed by atoms with Crippen molar-refractivity contribution in [2.75, 3.05) is 32.3 Å². The number of benzene rings is 1. The minimum atomic E-state index is -3.08. The molecular weight excluding hydrogens is 338 g/mol. The molecule has 0 spiro atoms. The van der Waals surface area contributed by atoms with Crippen molar-refractivity contribution in [2.24, 2.45) is 0 Å². The Morgan fingerprint density at radius 2 is 1.79 bits per heavy atom. The molecule has 1 heterocycles. The van der Waals surface area contributed by atoms with E-state index in [0.29, 0.717) is 17.9 Å². The van der Waals surface area contributed by atoms with Crippen molar-refractivity contribution < 1.29 is 32.2 Å². The van der Waals surface area contributed by atoms with Crippen molar-refractivity contribution in [1.29, 1.82) is 0 Å². The highest BCUT2D eigenvalue weighted by Crippen LogP contribution is 2.23. The molecule has 0 saturated carbocycles. The second-order valence-electron chi connectivity index (χ2n) is 5.34. The van der Waals surface area contributed by atoms with Crippen LogP contribution in [0.3, 0.4) is 0 Å². The molecule has 132 valence electrons. The molecule has 0 aliphatic carbocycles. The van der Waals surface area contributed by atoms with Gasteiger partial charge in [-0.05, 0) is 18.6 Å². The molecule has 0 aromatic heterocycles. The van der Waals surface area contributed by atoms with Gasteiger partial charge in [-0.3, -0.25) is 4.79 Å². The van der Waals surface area contributed by atoms with Gasteiger partial charge in [0.15, 0.2) is 16.4 Å². The van der Waals surface area contributed by atoms with Crippen LogP contribution in [-0.4, -0.2) is 58.7 Å². The van der Waals surface area contributed by atoms with E-state index in [1.165, 1.54) is 26.4 Å². The summed E-state index contributed by atoms with van der Waals surface area (Å²) >= 11 is 0. The molecule has 0 bridgehead atoms. The van der Waals surface area contributed by atoms with E-state index in [4.69, 9.17) is 14.2 Å². The summed E-state index contributed by atoms with van der Waals surface area (Å²) in [5.41, 5.74) is 0.183. The molecule has 1 atom stereocenters. The van der Waals surface area contributed by atoms with Crippen LogP contribution in [0, 0.1) is 0 Å². The number of rotatable bonds is 6. The highest BCUT2D eigenvalue weighted by atomic mass is 32.2. The summed E-state index contributed by atoms with van der Waals surface area (Å²) in [6, 6.07) is 4.10. The summed E-state index contributed by atoms with van der Waals surface area (Å²) in [6.07, 6.45) is 0.370. The number of hydrogen-bond acceptors (Lipinski definition) is 7. The zero-order valence-corrected chi connectivity index (χ0v) is 14.2. The summed E-state index contributed by atoms with van der Waals surface area (Å²) in [4.78, 5) is 23.8. The Morgan fingerprint density at radius 3 is 2.29 bits per heavy atom. The first-order valence-corrected chi connectivity index (χ1v) is 9.05. The summed E-state index contributed by atoms with van der Waals surface area (Å²) in [6.45, 7) is -0.491. The van der Waals surface area contributed by atoms with Crippen LogP contribution in [-0.2, 0) is 19.4 Å². The van der Waals surface area contributed by atoms with Gasteiger partial charge < -0.3 is 19.5 Å². The molecule has 24 heavy (non-hydrogen) atoms. The van der Waals surface area contributed by atoms with Gasteiger partial charge in [-0.15, -0.1) is 0 Å². The second kappa shape index (κ2) is 7.52. The van der Waals surface area contributed by atoms with Crippen molar-refractivity contribution in [2.45, 2.75) is 12.5 Å². The third kappa shape index (κ3) is 4.85. The monoisotopic (exact) mass is 357 g/mol. The molecule has 1 amide bonds. The molecule has 8 nitrogen and oxygen atoms in total. The van der Waals surface area contributed by atoms with Crippen molar-refractivity contribution in [1.82, 2.24) is 5.32 Å². The number of carbonyl (C=O) groups is 2. The molecule has 1 aliphatic heterocycles. The van der Waals surface area contributed by atoms with Crippen LogP contribution in [0.5, 0.6) is 11.5 Å². The van der Waals surface area contributed by atoms with Crippen LogP contribution in [0.25, 0.3) is 0 Å². The highest BCUT2D eigenvalue weighted by Gasteiger charge is 2.29. The van der Waals surface area contributed by atoms with Crippen molar-refractivity contribution in [3.05, 3.63) is 23.8 Å². The zero-order chi connectivity index (χ0) is 17.7. The van der Waals surface area contributed by atoms with Crippen LogP contribution in [0.2, 0.25) is 0 Å². The number of amides is 1. The topological polar surface area (TPSA) is 108 Å². The quantitative estimate of drug-likeness (QED) is 0.723. The second-order valence-corrected chi connectivity index (χ2v) is 7.57. The van der Waals surface area contributed by atoms with Crippen LogP contribution in [0.15, 0.2) is 18.2 Å². The molecule has 1 N–H and O–H groups in total. The minimum absolute atomic E-state index is 0.0569. The standard InChI is InChI=1S/C15H19NO7S/c1-21-12-5-10(6-13(7-12)22-2)15(18)23-8-14(17)16-11-3-4-24(19,20)9-11/h5-7,11H,3-4,8-9H2,1-2H3,(H,16,17)/t11-/m1/s1. The number of hydrogen-bond donors (Lipinski definition) is 1. The van der Waals surface area contributed by atoms with Crippen LogP contribution in [0.4, 0.5) is 0 Å². The van der Waals surface area contributed by atoms with E-state index in [1.54, 1.807) is 6.07 Å². The summed E-state index contributed by atoms with van der Waals surface area (Å²) < 4.78 is 37.7. The van der Waals surface area contributed by atoms with Gasteiger partial charge in [-0.1, -0.05) is 0 Å². The molecule has 1 saturated heterocycles. The van der Waals surface area contributed by atoms with Crippen LogP contribution >= 0.6 is 0 Å². The fourth-order valence-corrected chi connectivity index (χ4v) is 3.99. The molecular formula is C15H19NO7S. The number of sulfone groups is 1. The molecule has 0 radical (unpaired) electrons. The van der Waals surface area contributed by atoms with E-state index >= 15 is 0 Å². The molecule has 1 fully saturated rings. The molecule has 1 aliphatic rings. The van der Waals surface area contributed by atoms with E-state index in [1.807, 2.05) is 0 Å². The maximum atomic E-state index is 12.0. The largest absolute Gasteiger partial charge is 0.497 e. The predicted octanol–water partition coefficient (Wildman–Crippen LogP) is 0.164.